The second-order valence-electron chi connectivity index (χ2n) is 5.91. The second kappa shape index (κ2) is 6.21. The minimum Gasteiger partial charge on any atom is -0.231 e. The van der Waals surface area contributed by atoms with Crippen LogP contribution < -0.4 is 5.01 Å². The molecule has 2 aromatic carbocycles. The van der Waals surface area contributed by atoms with E-state index in [1.807, 2.05) is 60.5 Å². The number of rotatable bonds is 2. The van der Waals surface area contributed by atoms with Gasteiger partial charge in [-0.2, -0.15) is 5.10 Å². The first-order valence-corrected chi connectivity index (χ1v) is 8.43. The van der Waals surface area contributed by atoms with Gasteiger partial charge in [0.05, 0.1) is 16.9 Å². The number of hydrogen-bond acceptors (Lipinski definition) is 4. The van der Waals surface area contributed by atoms with Crippen molar-refractivity contribution in [3.05, 3.63) is 64.8 Å². The minimum atomic E-state index is 0.664. The summed E-state index contributed by atoms with van der Waals surface area (Å²) in [6.07, 6.45) is 1.97. The number of aromatic nitrogens is 2. The number of benzene rings is 2. The van der Waals surface area contributed by atoms with Crippen molar-refractivity contribution in [2.24, 2.45) is 5.10 Å². The molecule has 4 nitrogen and oxygen atoms in total. The highest BCUT2D eigenvalue weighted by atomic mass is 35.5. The summed E-state index contributed by atoms with van der Waals surface area (Å²) in [5.41, 5.74) is 4.08. The molecule has 0 unspecified atom stereocenters. The predicted molar refractivity (Wildman–Crippen MR) is 98.8 cm³/mol. The Morgan fingerprint density at radius 1 is 1.00 bits per heavy atom. The van der Waals surface area contributed by atoms with Crippen molar-refractivity contribution in [3.63, 3.8) is 0 Å². The Labute approximate surface area is 145 Å². The second-order valence-corrected chi connectivity index (χ2v) is 6.34. The maximum absolute atomic E-state index is 5.98. The fourth-order valence-electron chi connectivity index (χ4n) is 2.97. The number of fused-ring (bicyclic) bond motifs is 1. The molecule has 1 aliphatic heterocycles. The van der Waals surface area contributed by atoms with Crippen LogP contribution in [0.2, 0.25) is 5.02 Å². The molecule has 0 radical (unpaired) electrons. The fraction of sp³-hybridized carbons (Fsp3) is 0.211. The molecule has 1 aromatic heterocycles. The maximum atomic E-state index is 5.98. The van der Waals surface area contributed by atoms with E-state index in [0.29, 0.717) is 5.95 Å². The Morgan fingerprint density at radius 2 is 1.79 bits per heavy atom. The lowest BCUT2D eigenvalue weighted by atomic mass is 10.0. The molecule has 24 heavy (non-hydrogen) atoms. The van der Waals surface area contributed by atoms with Gasteiger partial charge in [0.15, 0.2) is 0 Å². The summed E-state index contributed by atoms with van der Waals surface area (Å²) >= 11 is 5.98. The monoisotopic (exact) mass is 336 g/mol. The number of para-hydroxylation sites is 1. The zero-order valence-corrected chi connectivity index (χ0v) is 14.2. The van der Waals surface area contributed by atoms with Crippen molar-refractivity contribution in [2.75, 3.05) is 11.6 Å². The SMILES string of the molecule is Cc1nc(N2CCCC(c3ccc(Cl)cc3)=N2)nc2ccccc12. The Bertz CT molecular complexity index is 918. The first-order valence-electron chi connectivity index (χ1n) is 8.05. The van der Waals surface area contributed by atoms with Crippen LogP contribution in [0.5, 0.6) is 0 Å². The summed E-state index contributed by atoms with van der Waals surface area (Å²) in [7, 11) is 0. The number of hydrogen-bond donors (Lipinski definition) is 0. The van der Waals surface area contributed by atoms with Crippen LogP contribution in [0.25, 0.3) is 10.9 Å². The summed E-state index contributed by atoms with van der Waals surface area (Å²) in [5, 5.41) is 8.51. The van der Waals surface area contributed by atoms with E-state index in [1.54, 1.807) is 0 Å². The summed E-state index contributed by atoms with van der Waals surface area (Å²) in [4.78, 5) is 9.34. The molecule has 0 fully saturated rings. The van der Waals surface area contributed by atoms with Gasteiger partial charge in [-0.1, -0.05) is 41.9 Å². The number of anilines is 1. The summed E-state index contributed by atoms with van der Waals surface area (Å²) in [5.74, 6) is 0.664. The van der Waals surface area contributed by atoms with Gasteiger partial charge in [-0.15, -0.1) is 0 Å². The molecule has 120 valence electrons. The molecule has 4 rings (SSSR count). The van der Waals surface area contributed by atoms with Crippen molar-refractivity contribution in [1.82, 2.24) is 9.97 Å². The predicted octanol–water partition coefficient (Wildman–Crippen LogP) is 4.60. The lowest BCUT2D eigenvalue weighted by molar-refractivity contribution is 0.720. The Hall–Kier alpha value is -2.46. The van der Waals surface area contributed by atoms with Crippen molar-refractivity contribution in [1.29, 1.82) is 0 Å². The third-order valence-corrected chi connectivity index (χ3v) is 4.47. The zero-order valence-electron chi connectivity index (χ0n) is 13.4. The quantitative estimate of drug-likeness (QED) is 0.687. The lowest BCUT2D eigenvalue weighted by Gasteiger charge is -2.24. The van der Waals surface area contributed by atoms with E-state index in [4.69, 9.17) is 16.7 Å². The van der Waals surface area contributed by atoms with Crippen LogP contribution in [0.15, 0.2) is 53.6 Å². The maximum Gasteiger partial charge on any atom is 0.246 e. The molecule has 0 amide bonds. The lowest BCUT2D eigenvalue weighted by Crippen LogP contribution is -2.27. The van der Waals surface area contributed by atoms with E-state index < -0.39 is 0 Å². The average Bonchev–Trinajstić information content (AvgIpc) is 2.62. The van der Waals surface area contributed by atoms with Crippen molar-refractivity contribution in [3.8, 4) is 0 Å². The molecule has 0 saturated heterocycles. The molecule has 3 aromatic rings. The van der Waals surface area contributed by atoms with E-state index in [-0.39, 0.29) is 0 Å². The van der Waals surface area contributed by atoms with E-state index in [0.717, 1.165) is 52.3 Å². The largest absolute Gasteiger partial charge is 0.246 e. The van der Waals surface area contributed by atoms with Crippen LogP contribution in [-0.2, 0) is 0 Å². The Balaban J connectivity index is 1.73. The molecule has 0 aliphatic carbocycles. The molecule has 0 N–H and O–H groups in total. The van der Waals surface area contributed by atoms with E-state index in [2.05, 4.69) is 9.97 Å². The molecule has 0 atom stereocenters. The van der Waals surface area contributed by atoms with Gasteiger partial charge >= 0.3 is 0 Å². The van der Waals surface area contributed by atoms with Crippen LogP contribution in [0.3, 0.4) is 0 Å². The molecule has 1 aliphatic rings. The van der Waals surface area contributed by atoms with Crippen molar-refractivity contribution in [2.45, 2.75) is 19.8 Å². The molecule has 5 heteroatoms. The first-order chi connectivity index (χ1) is 11.7. The smallest absolute Gasteiger partial charge is 0.231 e. The van der Waals surface area contributed by atoms with Gasteiger partial charge in [-0.3, -0.25) is 0 Å². The third-order valence-electron chi connectivity index (χ3n) is 4.22. The molecular formula is C19H17ClN4. The van der Waals surface area contributed by atoms with Crippen LogP contribution in [0, 0.1) is 6.92 Å². The standard InChI is InChI=1S/C19H17ClN4/c1-13-16-5-2-3-6-18(16)22-19(21-13)24-12-4-7-17(23-24)14-8-10-15(20)11-9-14/h2-3,5-6,8-11H,4,7,12H2,1H3. The highest BCUT2D eigenvalue weighted by Crippen LogP contribution is 2.23. The summed E-state index contributed by atoms with van der Waals surface area (Å²) < 4.78 is 0. The van der Waals surface area contributed by atoms with Gasteiger partial charge in [0.1, 0.15) is 0 Å². The molecule has 2 heterocycles. The highest BCUT2D eigenvalue weighted by Gasteiger charge is 2.18. The summed E-state index contributed by atoms with van der Waals surface area (Å²) in [6, 6.07) is 15.9. The Morgan fingerprint density at radius 3 is 2.62 bits per heavy atom. The first kappa shape index (κ1) is 15.1. The zero-order chi connectivity index (χ0) is 16.5. The van der Waals surface area contributed by atoms with Crippen LogP contribution in [0.4, 0.5) is 5.95 Å². The van der Waals surface area contributed by atoms with Gasteiger partial charge in [-0.25, -0.2) is 15.0 Å². The van der Waals surface area contributed by atoms with Crippen molar-refractivity contribution < 1.29 is 0 Å². The van der Waals surface area contributed by atoms with Gasteiger partial charge in [0.2, 0.25) is 5.95 Å². The summed E-state index contributed by atoms with van der Waals surface area (Å²) in [6.45, 7) is 2.84. The number of nitrogens with zero attached hydrogens (tertiary/aromatic N) is 4. The normalized spacial score (nSPS) is 14.8. The highest BCUT2D eigenvalue weighted by molar-refractivity contribution is 6.30. The van der Waals surface area contributed by atoms with Gasteiger partial charge < -0.3 is 0 Å². The topological polar surface area (TPSA) is 41.4 Å². The van der Waals surface area contributed by atoms with Crippen LogP contribution >= 0.6 is 11.6 Å². The van der Waals surface area contributed by atoms with Crippen LogP contribution in [0.1, 0.15) is 24.1 Å². The van der Waals surface area contributed by atoms with E-state index >= 15 is 0 Å². The van der Waals surface area contributed by atoms with Crippen LogP contribution in [-0.4, -0.2) is 22.2 Å². The third kappa shape index (κ3) is 2.85. The van der Waals surface area contributed by atoms with E-state index in [1.165, 1.54) is 0 Å². The van der Waals surface area contributed by atoms with Gasteiger partial charge in [-0.05, 0) is 43.5 Å². The van der Waals surface area contributed by atoms with Gasteiger partial charge in [0, 0.05) is 17.0 Å². The molecule has 0 spiro atoms. The number of hydrazone groups is 1. The average molecular weight is 337 g/mol. The molecular weight excluding hydrogens is 320 g/mol. The Kier molecular flexibility index (Phi) is 3.90. The molecule has 0 saturated carbocycles. The minimum absolute atomic E-state index is 0.664. The van der Waals surface area contributed by atoms with E-state index in [9.17, 15) is 0 Å². The van der Waals surface area contributed by atoms with Gasteiger partial charge in [0.25, 0.3) is 0 Å². The number of halogens is 1. The fourth-order valence-corrected chi connectivity index (χ4v) is 3.09. The molecule has 0 bridgehead atoms. The van der Waals surface area contributed by atoms with Crippen molar-refractivity contribution >= 4 is 34.2 Å². The number of aryl methyl sites for hydroxylation is 1.